The van der Waals surface area contributed by atoms with E-state index in [0.29, 0.717) is 33.9 Å². The maximum Gasteiger partial charge on any atom is 0.343 e. The molecule has 0 amide bonds. The van der Waals surface area contributed by atoms with Gasteiger partial charge in [-0.2, -0.15) is 0 Å². The van der Waals surface area contributed by atoms with Crippen LogP contribution in [0.25, 0.3) is 32.3 Å². The molecule has 0 spiro atoms. The molecule has 9 heteroatoms. The van der Waals surface area contributed by atoms with Gasteiger partial charge < -0.3 is 28.9 Å². The summed E-state index contributed by atoms with van der Waals surface area (Å²) in [7, 11) is 0. The Morgan fingerprint density at radius 1 is 0.197 bits per heavy atom. The fourth-order valence-corrected chi connectivity index (χ4v) is 16.8. The quantitative estimate of drug-likeness (QED) is 0.0473. The molecule has 0 aromatic heterocycles. The van der Waals surface area contributed by atoms with Crippen molar-refractivity contribution in [3.63, 3.8) is 0 Å². The monoisotopic (exact) mass is 1610 g/mol. The molecule has 15 aromatic carbocycles. The molecule has 9 nitrogen and oxygen atoms in total. The summed E-state index contributed by atoms with van der Waals surface area (Å²) in [5, 5.41) is 6.94. The van der Waals surface area contributed by atoms with Gasteiger partial charge in [0.1, 0.15) is 17.2 Å². The van der Waals surface area contributed by atoms with Crippen molar-refractivity contribution in [2.24, 2.45) is 0 Å². The first-order valence-electron chi connectivity index (χ1n) is 42.5. The summed E-state index contributed by atoms with van der Waals surface area (Å²) < 4.78 is 18.7. The van der Waals surface area contributed by atoms with E-state index < -0.39 is 23.3 Å². The Morgan fingerprint density at radius 2 is 0.385 bits per heavy atom. The van der Waals surface area contributed by atoms with Crippen LogP contribution in [-0.4, -0.2) is 17.9 Å². The molecule has 0 aliphatic rings. The Balaban J connectivity index is 0.719. The highest BCUT2D eigenvalue weighted by atomic mass is 16.5. The number of nitrogens with zero attached hydrogens (tertiary/aromatic N) is 3. The maximum atomic E-state index is 14.4. The van der Waals surface area contributed by atoms with Crippen LogP contribution < -0.4 is 28.9 Å². The number of anilines is 9. The van der Waals surface area contributed by atoms with Crippen LogP contribution in [0, 0.1) is 0 Å². The second-order valence-electron chi connectivity index (χ2n) is 38.7. The Kier molecular flexibility index (Phi) is 22.6. The Labute approximate surface area is 721 Å². The average molecular weight is 1610 g/mol. The van der Waals surface area contributed by atoms with Crippen molar-refractivity contribution in [2.75, 3.05) is 14.7 Å². The van der Waals surface area contributed by atoms with Crippen molar-refractivity contribution < 1.29 is 28.6 Å². The normalized spacial score (nSPS) is 12.3. The first-order valence-corrected chi connectivity index (χ1v) is 42.5. The topological polar surface area (TPSA) is 88.6 Å². The molecule has 0 saturated carbocycles. The number of carbonyl (C=O) groups excluding carboxylic acids is 3. The van der Waals surface area contributed by atoms with Crippen molar-refractivity contribution in [3.05, 3.63) is 394 Å². The number of carbonyl (C=O) groups is 3. The van der Waals surface area contributed by atoms with E-state index in [4.69, 9.17) is 14.2 Å². The minimum absolute atomic E-state index is 0.0339. The molecule has 0 heterocycles. The largest absolute Gasteiger partial charge is 0.423 e. The van der Waals surface area contributed by atoms with Gasteiger partial charge in [-0.3, -0.25) is 0 Å². The second-order valence-corrected chi connectivity index (χ2v) is 38.7. The van der Waals surface area contributed by atoms with E-state index >= 15 is 0 Å². The molecule has 0 aliphatic heterocycles. The molecule has 0 N–H and O–H groups in total. The molecule has 0 radical (unpaired) electrons. The fourth-order valence-electron chi connectivity index (χ4n) is 16.8. The van der Waals surface area contributed by atoms with E-state index in [2.05, 4.69) is 328 Å². The van der Waals surface area contributed by atoms with Gasteiger partial charge in [-0.05, 0) is 269 Å². The molecule has 15 aromatic rings. The van der Waals surface area contributed by atoms with Crippen LogP contribution in [0.4, 0.5) is 51.2 Å². The summed E-state index contributed by atoms with van der Waals surface area (Å²) in [5.41, 5.74) is 18.7. The summed E-state index contributed by atoms with van der Waals surface area (Å²) in [4.78, 5) is 50.0. The number of fused-ring (bicyclic) bond motifs is 3. The van der Waals surface area contributed by atoms with Gasteiger partial charge in [-0.15, -0.1) is 0 Å². The van der Waals surface area contributed by atoms with Gasteiger partial charge in [0, 0.05) is 55.7 Å². The summed E-state index contributed by atoms with van der Waals surface area (Å²) in [6, 6.07) is 111. The number of esters is 3. The van der Waals surface area contributed by atoms with E-state index in [-0.39, 0.29) is 32.5 Å². The van der Waals surface area contributed by atoms with E-state index in [0.717, 1.165) is 84.0 Å². The zero-order chi connectivity index (χ0) is 86.6. The fraction of sp³-hybridized carbons (Fsp3) is 0.230. The molecule has 0 atom stereocenters. The van der Waals surface area contributed by atoms with E-state index in [1.807, 2.05) is 146 Å². The van der Waals surface area contributed by atoms with Gasteiger partial charge in [-0.1, -0.05) is 288 Å². The first-order chi connectivity index (χ1) is 57.9. The predicted molar refractivity (Wildman–Crippen MR) is 508 cm³/mol. The Bertz CT molecular complexity index is 5730. The first kappa shape index (κ1) is 83.9. The summed E-state index contributed by atoms with van der Waals surface area (Å²) in [6.45, 7) is 42.4. The number of hydrogen-bond acceptors (Lipinski definition) is 9. The molecule has 0 fully saturated rings. The lowest BCUT2D eigenvalue weighted by Crippen LogP contribution is -2.25. The van der Waals surface area contributed by atoms with Crippen molar-refractivity contribution in [1.29, 1.82) is 0 Å². The average Bonchev–Trinajstić information content (AvgIpc) is 0.767. The van der Waals surface area contributed by atoms with Gasteiger partial charge in [0.05, 0.1) is 33.8 Å². The molecular weight excluding hydrogens is 1500 g/mol. The van der Waals surface area contributed by atoms with Crippen LogP contribution in [0.2, 0.25) is 0 Å². The lowest BCUT2D eigenvalue weighted by atomic mass is 9.71. The predicted octanol–water partition coefficient (Wildman–Crippen LogP) is 30.4. The highest BCUT2D eigenvalue weighted by Crippen LogP contribution is 2.49. The van der Waals surface area contributed by atoms with Crippen LogP contribution in [0.5, 0.6) is 17.2 Å². The van der Waals surface area contributed by atoms with Crippen LogP contribution in [0.15, 0.2) is 328 Å². The smallest absolute Gasteiger partial charge is 0.343 e. The molecule has 0 aliphatic carbocycles. The lowest BCUT2D eigenvalue weighted by Gasteiger charge is -2.32. The SMILES string of the molecule is CC(C)(C)c1ccc(N(c2ccc(C(=O)Oc3ccc(C(C)(c4ccc(OC(=O)c5ccc(N(c6ccc(C(C)(C)C)cc6)c6ccc(C(C)(C)C)c7ccccc67)cc5)cc4)c4ccc(OC(=O)c5ccc(N(c6ccc(C(C)(C)C)cc6)c6ccc(C(C)(C)C)c7ccccc67)cc5)cc4)cc3)cc2)c2ccc(C(C)(C)C)c3ccccc23)cc1. The van der Waals surface area contributed by atoms with Gasteiger partial charge in [0.2, 0.25) is 0 Å². The Hall–Kier alpha value is -13.1. The van der Waals surface area contributed by atoms with Crippen molar-refractivity contribution in [2.45, 2.75) is 169 Å². The minimum atomic E-state index is -0.888. The number of rotatable bonds is 18. The zero-order valence-electron chi connectivity index (χ0n) is 74.0. The second kappa shape index (κ2) is 32.8. The minimum Gasteiger partial charge on any atom is -0.423 e. The molecule has 614 valence electrons. The van der Waals surface area contributed by atoms with E-state index in [9.17, 15) is 14.4 Å². The van der Waals surface area contributed by atoms with Crippen LogP contribution in [-0.2, 0) is 37.9 Å². The van der Waals surface area contributed by atoms with Crippen molar-refractivity contribution in [3.8, 4) is 17.2 Å². The molecule has 0 unspecified atom stereocenters. The van der Waals surface area contributed by atoms with Crippen molar-refractivity contribution >= 4 is 101 Å². The number of hydrogen-bond donors (Lipinski definition) is 0. The van der Waals surface area contributed by atoms with E-state index in [1.165, 1.54) is 49.5 Å². The zero-order valence-corrected chi connectivity index (χ0v) is 74.0. The molecule has 0 saturated heterocycles. The highest BCUT2D eigenvalue weighted by molar-refractivity contribution is 6.05. The van der Waals surface area contributed by atoms with Crippen LogP contribution >= 0.6 is 0 Å². The van der Waals surface area contributed by atoms with Crippen LogP contribution in [0.3, 0.4) is 0 Å². The highest BCUT2D eigenvalue weighted by Gasteiger charge is 2.34. The van der Waals surface area contributed by atoms with Gasteiger partial charge in [0.15, 0.2) is 0 Å². The third kappa shape index (κ3) is 17.3. The standard InChI is InChI=1S/C113H111N3O6/c1-107(2,3)77-38-56-86(57-39-77)114(101-71-68-98(110(10,11)12)92-26-20-23-29-95(92)101)83-50-32-74(33-51-83)104(117)120-89-62-44-80(45-63-89)113(19,81-46-64-90(65-47-81)121-105(118)75-34-52-84(53-35-75)115(87-58-40-78(41-59-87)108(4,5)6)102-72-69-99(111(13,14)15)93-27-21-24-30-96(93)102)82-48-66-91(67-49-82)122-106(119)76-36-54-85(55-37-76)116(88-60-42-79(43-61-88)109(7,8)9)103-73-70-100(112(16,17)18)94-28-22-25-31-97(94)103/h20-73H,1-19H3. The van der Waals surface area contributed by atoms with Gasteiger partial charge in [0.25, 0.3) is 0 Å². The summed E-state index contributed by atoms with van der Waals surface area (Å²) in [6.07, 6.45) is 0. The third-order valence-electron chi connectivity index (χ3n) is 23.8. The summed E-state index contributed by atoms with van der Waals surface area (Å²) in [5.74, 6) is -0.438. The number of ether oxygens (including phenoxy) is 3. The van der Waals surface area contributed by atoms with E-state index in [1.54, 1.807) is 0 Å². The Morgan fingerprint density at radius 3 is 0.582 bits per heavy atom. The van der Waals surface area contributed by atoms with Gasteiger partial charge in [-0.25, -0.2) is 14.4 Å². The molecule has 0 bridgehead atoms. The van der Waals surface area contributed by atoms with Gasteiger partial charge >= 0.3 is 17.9 Å². The maximum absolute atomic E-state index is 14.4. The molecule has 122 heavy (non-hydrogen) atoms. The number of benzene rings is 15. The molecule has 15 rings (SSSR count). The molecular formula is C113H111N3O6. The lowest BCUT2D eigenvalue weighted by molar-refractivity contribution is 0.0725. The summed E-state index contributed by atoms with van der Waals surface area (Å²) >= 11 is 0. The van der Waals surface area contributed by atoms with Crippen LogP contribution in [0.1, 0.15) is 213 Å². The third-order valence-corrected chi connectivity index (χ3v) is 23.8. The van der Waals surface area contributed by atoms with Crippen molar-refractivity contribution in [1.82, 2.24) is 0 Å².